The molecular weight excluding hydrogens is 644 g/mol. The number of nitrogen functional groups attached to an aromatic ring is 1. The van der Waals surface area contributed by atoms with Gasteiger partial charge in [-0.05, 0) is 63.5 Å². The molecule has 1 aromatic heterocycles. The van der Waals surface area contributed by atoms with Crippen LogP contribution in [-0.2, 0) is 15.1 Å². The average Bonchev–Trinajstić information content (AvgIpc) is 3.29. The summed E-state index contributed by atoms with van der Waals surface area (Å²) >= 11 is 1.90. The van der Waals surface area contributed by atoms with E-state index < -0.39 is 35.9 Å². The maximum absolute atomic E-state index is 15.4. The first-order chi connectivity index (χ1) is 19.8. The standard InChI is InChI=1S/C30H29FIN3O6/c1-38-21-12-8-19(9-13-21)30(18-6-4-3-5-7-18,20-10-14-22(39-2)15-11-20)40-17-24-26(36)25(31)28(41-24)35-16-23(32)27(33)34-29(35)37/h3-16,24-26,28,36H,17H2,1-2H3,(H2,33,34,37)/t24-,25-,26-,28-/m1/s1. The molecule has 2 heterocycles. The molecule has 0 bridgehead atoms. The summed E-state index contributed by atoms with van der Waals surface area (Å²) in [5, 5.41) is 10.9. The van der Waals surface area contributed by atoms with Gasteiger partial charge in [-0.25, -0.2) is 9.18 Å². The summed E-state index contributed by atoms with van der Waals surface area (Å²) in [7, 11) is 3.18. The van der Waals surface area contributed by atoms with Crippen molar-refractivity contribution in [2.75, 3.05) is 26.6 Å². The Bertz CT molecular complexity index is 1490. The zero-order valence-electron chi connectivity index (χ0n) is 22.3. The third-order valence-corrected chi connectivity index (χ3v) is 7.97. The molecule has 0 aliphatic carbocycles. The number of anilines is 1. The van der Waals surface area contributed by atoms with Crippen LogP contribution in [0, 0.1) is 3.57 Å². The number of nitrogens with two attached hydrogens (primary N) is 1. The Balaban J connectivity index is 1.55. The highest BCUT2D eigenvalue weighted by atomic mass is 127. The predicted molar refractivity (Wildman–Crippen MR) is 159 cm³/mol. The van der Waals surface area contributed by atoms with Crippen LogP contribution in [0.25, 0.3) is 0 Å². The second kappa shape index (κ2) is 12.1. The predicted octanol–water partition coefficient (Wildman–Crippen LogP) is 4.05. The first-order valence-electron chi connectivity index (χ1n) is 12.8. The maximum atomic E-state index is 15.4. The topological polar surface area (TPSA) is 118 Å². The average molecular weight is 673 g/mol. The molecule has 1 saturated heterocycles. The van der Waals surface area contributed by atoms with Gasteiger partial charge in [0, 0.05) is 6.20 Å². The van der Waals surface area contributed by atoms with E-state index in [1.807, 2.05) is 101 Å². The zero-order chi connectivity index (χ0) is 29.1. The van der Waals surface area contributed by atoms with E-state index in [0.29, 0.717) is 15.1 Å². The van der Waals surface area contributed by atoms with E-state index in [2.05, 4.69) is 4.98 Å². The van der Waals surface area contributed by atoms with Crippen LogP contribution in [0.1, 0.15) is 22.9 Å². The molecule has 1 aliphatic rings. The molecule has 3 N–H and O–H groups in total. The summed E-state index contributed by atoms with van der Waals surface area (Å²) < 4.78 is 40.3. The summed E-state index contributed by atoms with van der Waals surface area (Å²) in [5.74, 6) is 1.37. The minimum Gasteiger partial charge on any atom is -0.497 e. The Morgan fingerprint density at radius 3 is 2.05 bits per heavy atom. The number of aliphatic hydroxyl groups excluding tert-OH is 1. The van der Waals surface area contributed by atoms with Gasteiger partial charge in [-0.2, -0.15) is 4.98 Å². The molecule has 1 fully saturated rings. The lowest BCUT2D eigenvalue weighted by Gasteiger charge is -2.37. The van der Waals surface area contributed by atoms with Crippen molar-refractivity contribution in [3.8, 4) is 11.5 Å². The number of rotatable bonds is 9. The number of halogens is 2. The third kappa shape index (κ3) is 5.54. The lowest BCUT2D eigenvalue weighted by Crippen LogP contribution is -2.39. The fourth-order valence-corrected chi connectivity index (χ4v) is 5.41. The molecule has 9 nitrogen and oxygen atoms in total. The molecule has 1 aliphatic heterocycles. The van der Waals surface area contributed by atoms with E-state index in [9.17, 15) is 9.90 Å². The van der Waals surface area contributed by atoms with E-state index in [-0.39, 0.29) is 12.4 Å². The van der Waals surface area contributed by atoms with Gasteiger partial charge in [0.2, 0.25) is 0 Å². The Kier molecular flexibility index (Phi) is 8.59. The highest BCUT2D eigenvalue weighted by Gasteiger charge is 2.48. The van der Waals surface area contributed by atoms with Crippen LogP contribution >= 0.6 is 22.6 Å². The highest BCUT2D eigenvalue weighted by molar-refractivity contribution is 14.1. The van der Waals surface area contributed by atoms with Gasteiger partial charge >= 0.3 is 5.69 Å². The smallest absolute Gasteiger partial charge is 0.351 e. The fourth-order valence-electron chi connectivity index (χ4n) is 4.99. The van der Waals surface area contributed by atoms with Crippen molar-refractivity contribution in [1.29, 1.82) is 0 Å². The van der Waals surface area contributed by atoms with Gasteiger partial charge in [-0.15, -0.1) is 0 Å². The molecule has 5 rings (SSSR count). The second-order valence-electron chi connectivity index (χ2n) is 9.48. The van der Waals surface area contributed by atoms with Gasteiger partial charge in [-0.3, -0.25) is 4.57 Å². The number of hydrogen-bond acceptors (Lipinski definition) is 8. The number of alkyl halides is 1. The van der Waals surface area contributed by atoms with Crippen molar-refractivity contribution in [3.05, 3.63) is 116 Å². The molecule has 0 spiro atoms. The van der Waals surface area contributed by atoms with E-state index in [1.165, 1.54) is 6.20 Å². The fraction of sp³-hybridized carbons (Fsp3) is 0.267. The van der Waals surface area contributed by atoms with Crippen LogP contribution in [0.3, 0.4) is 0 Å². The number of ether oxygens (including phenoxy) is 4. The molecule has 0 amide bonds. The van der Waals surface area contributed by atoms with Crippen molar-refractivity contribution in [2.24, 2.45) is 0 Å². The van der Waals surface area contributed by atoms with Crippen LogP contribution in [0.4, 0.5) is 10.2 Å². The van der Waals surface area contributed by atoms with Crippen LogP contribution < -0.4 is 20.9 Å². The number of aliphatic hydroxyl groups is 1. The van der Waals surface area contributed by atoms with Gasteiger partial charge in [0.05, 0.1) is 24.4 Å². The summed E-state index contributed by atoms with van der Waals surface area (Å²) in [5.41, 5.74) is 6.08. The van der Waals surface area contributed by atoms with Crippen molar-refractivity contribution in [1.82, 2.24) is 9.55 Å². The number of nitrogens with zero attached hydrogens (tertiary/aromatic N) is 2. The Morgan fingerprint density at radius 2 is 1.51 bits per heavy atom. The molecule has 214 valence electrons. The normalized spacial score (nSPS) is 20.6. The number of aromatic nitrogens is 2. The molecule has 11 heteroatoms. The monoisotopic (exact) mass is 673 g/mol. The minimum atomic E-state index is -1.91. The number of benzene rings is 3. The summed E-state index contributed by atoms with van der Waals surface area (Å²) in [6, 6.07) is 24.5. The summed E-state index contributed by atoms with van der Waals surface area (Å²) in [4.78, 5) is 16.2. The van der Waals surface area contributed by atoms with E-state index >= 15 is 4.39 Å². The third-order valence-electron chi connectivity index (χ3n) is 7.14. The summed E-state index contributed by atoms with van der Waals surface area (Å²) in [6.45, 7) is -0.209. The van der Waals surface area contributed by atoms with Crippen molar-refractivity contribution in [3.63, 3.8) is 0 Å². The van der Waals surface area contributed by atoms with Crippen LogP contribution in [-0.4, -0.2) is 53.9 Å². The highest BCUT2D eigenvalue weighted by Crippen LogP contribution is 2.43. The zero-order valence-corrected chi connectivity index (χ0v) is 24.5. The van der Waals surface area contributed by atoms with Crippen LogP contribution in [0.5, 0.6) is 11.5 Å². The van der Waals surface area contributed by atoms with Gasteiger partial charge in [0.15, 0.2) is 12.4 Å². The molecule has 0 saturated carbocycles. The van der Waals surface area contributed by atoms with Gasteiger partial charge < -0.3 is 29.8 Å². The molecule has 0 radical (unpaired) electrons. The molecule has 3 aromatic carbocycles. The van der Waals surface area contributed by atoms with Gasteiger partial charge in [-0.1, -0.05) is 54.6 Å². The maximum Gasteiger partial charge on any atom is 0.351 e. The lowest BCUT2D eigenvalue weighted by molar-refractivity contribution is -0.0950. The SMILES string of the molecule is COc1ccc(C(OC[C@H]2O[C@@H](n3cc(I)c(N)nc3=O)[C@H](F)[C@@H]2O)(c2ccccc2)c2ccc(OC)cc2)cc1. The molecule has 41 heavy (non-hydrogen) atoms. The molecule has 0 unspecified atom stereocenters. The van der Waals surface area contributed by atoms with E-state index in [4.69, 9.17) is 24.7 Å². The summed E-state index contributed by atoms with van der Waals surface area (Å²) in [6.07, 6.45) is -4.61. The minimum absolute atomic E-state index is 0.0346. The van der Waals surface area contributed by atoms with Gasteiger partial charge in [0.25, 0.3) is 0 Å². The second-order valence-corrected chi connectivity index (χ2v) is 10.6. The van der Waals surface area contributed by atoms with E-state index in [1.54, 1.807) is 14.2 Å². The van der Waals surface area contributed by atoms with Gasteiger partial charge in [0.1, 0.15) is 35.1 Å². The first-order valence-corrected chi connectivity index (χ1v) is 13.9. The van der Waals surface area contributed by atoms with Crippen LogP contribution in [0.2, 0.25) is 0 Å². The Labute approximate surface area is 249 Å². The molecule has 4 aromatic rings. The molecule has 4 atom stereocenters. The Hall–Kier alpha value is -3.52. The molecular formula is C30H29FIN3O6. The largest absolute Gasteiger partial charge is 0.497 e. The number of hydrogen-bond donors (Lipinski definition) is 2. The quantitative estimate of drug-likeness (QED) is 0.202. The van der Waals surface area contributed by atoms with Crippen LogP contribution in [0.15, 0.2) is 89.9 Å². The first kappa shape index (κ1) is 29.0. The van der Waals surface area contributed by atoms with Crippen molar-refractivity contribution in [2.45, 2.75) is 30.2 Å². The van der Waals surface area contributed by atoms with Crippen molar-refractivity contribution >= 4 is 28.4 Å². The van der Waals surface area contributed by atoms with E-state index in [0.717, 1.165) is 21.3 Å². The lowest BCUT2D eigenvalue weighted by atomic mass is 9.80. The van der Waals surface area contributed by atoms with Crippen molar-refractivity contribution < 1.29 is 28.4 Å². The Morgan fingerprint density at radius 1 is 0.976 bits per heavy atom. The number of methoxy groups -OCH3 is 2.